The number of benzene rings is 4. The third kappa shape index (κ3) is 3.18. The van der Waals surface area contributed by atoms with Crippen LogP contribution in [0.1, 0.15) is 52.2 Å². The molecular formula is C37H34N2O2. The highest BCUT2D eigenvalue weighted by Crippen LogP contribution is 2.69. The van der Waals surface area contributed by atoms with Gasteiger partial charge in [-0.3, -0.25) is 14.5 Å². The monoisotopic (exact) mass is 538 g/mol. The van der Waals surface area contributed by atoms with Crippen LogP contribution in [0.25, 0.3) is 16.8 Å². The molecule has 4 atom stereocenters. The summed E-state index contributed by atoms with van der Waals surface area (Å²) < 4.78 is 0. The van der Waals surface area contributed by atoms with E-state index in [-0.39, 0.29) is 23.5 Å². The van der Waals surface area contributed by atoms with Crippen molar-refractivity contribution >= 4 is 28.4 Å². The smallest absolute Gasteiger partial charge is 0.189 e. The average molecular weight is 539 g/mol. The topological polar surface area (TPSA) is 40.6 Å². The summed E-state index contributed by atoms with van der Waals surface area (Å²) in [5, 5.41) is 2.11. The lowest BCUT2D eigenvalue weighted by Crippen LogP contribution is -2.65. The van der Waals surface area contributed by atoms with Crippen molar-refractivity contribution in [3.05, 3.63) is 125 Å². The summed E-state index contributed by atoms with van der Waals surface area (Å²) >= 11 is 0. The van der Waals surface area contributed by atoms with Crippen molar-refractivity contribution in [3.8, 4) is 0 Å². The molecule has 0 saturated carbocycles. The Bertz CT molecular complexity index is 1720. The highest BCUT2D eigenvalue weighted by Gasteiger charge is 2.77. The Morgan fingerprint density at radius 3 is 2.32 bits per heavy atom. The van der Waals surface area contributed by atoms with Crippen molar-refractivity contribution < 1.29 is 9.59 Å². The molecule has 0 amide bonds. The number of piperidine rings is 2. The Hall–Kier alpha value is -3.86. The molecule has 4 aromatic carbocycles. The Morgan fingerprint density at radius 2 is 1.54 bits per heavy atom. The van der Waals surface area contributed by atoms with Gasteiger partial charge in [-0.15, -0.1) is 0 Å². The van der Waals surface area contributed by atoms with Gasteiger partial charge in [0.2, 0.25) is 0 Å². The molecule has 204 valence electrons. The Balaban J connectivity index is 1.48. The molecule has 0 N–H and O–H groups in total. The summed E-state index contributed by atoms with van der Waals surface area (Å²) in [7, 11) is 2.12. The second-order valence-electron chi connectivity index (χ2n) is 12.4. The molecule has 4 aromatic rings. The maximum Gasteiger partial charge on any atom is 0.189 e. The zero-order chi connectivity index (χ0) is 27.8. The van der Waals surface area contributed by atoms with Crippen LogP contribution in [0.2, 0.25) is 0 Å². The normalized spacial score (nSPS) is 30.6. The second-order valence-corrected chi connectivity index (χ2v) is 12.4. The van der Waals surface area contributed by atoms with Gasteiger partial charge in [0, 0.05) is 36.2 Å². The highest BCUT2D eigenvalue weighted by atomic mass is 16.1. The molecule has 1 aliphatic carbocycles. The number of carbonyl (C=O) groups excluding carboxylic acids is 2. The Labute approximate surface area is 241 Å². The molecule has 41 heavy (non-hydrogen) atoms. The van der Waals surface area contributed by atoms with Gasteiger partial charge in [0.15, 0.2) is 11.6 Å². The van der Waals surface area contributed by atoms with E-state index in [1.54, 1.807) is 0 Å². The van der Waals surface area contributed by atoms with E-state index in [1.165, 1.54) is 5.56 Å². The van der Waals surface area contributed by atoms with Gasteiger partial charge < -0.3 is 4.90 Å². The van der Waals surface area contributed by atoms with Gasteiger partial charge in [-0.2, -0.15) is 0 Å². The molecule has 3 aliphatic heterocycles. The maximum atomic E-state index is 15.5. The van der Waals surface area contributed by atoms with Crippen LogP contribution in [0.5, 0.6) is 0 Å². The number of likely N-dealkylation sites (N-methyl/N-ethyl adjacent to an activating group) is 1. The molecule has 0 aromatic heterocycles. The van der Waals surface area contributed by atoms with Gasteiger partial charge in [0.25, 0.3) is 0 Å². The van der Waals surface area contributed by atoms with E-state index in [2.05, 4.69) is 83.6 Å². The van der Waals surface area contributed by atoms with Crippen LogP contribution >= 0.6 is 0 Å². The summed E-state index contributed by atoms with van der Waals surface area (Å²) in [5.74, 6) is 0.144. The van der Waals surface area contributed by atoms with Crippen LogP contribution in [0.15, 0.2) is 103 Å². The van der Waals surface area contributed by atoms with Crippen LogP contribution in [0, 0.1) is 5.41 Å². The van der Waals surface area contributed by atoms with E-state index in [0.717, 1.165) is 58.8 Å². The maximum absolute atomic E-state index is 15.5. The summed E-state index contributed by atoms with van der Waals surface area (Å²) in [4.78, 5) is 35.6. The predicted molar refractivity (Wildman–Crippen MR) is 163 cm³/mol. The molecule has 8 rings (SSSR count). The van der Waals surface area contributed by atoms with Crippen molar-refractivity contribution in [1.82, 2.24) is 9.80 Å². The molecule has 4 nitrogen and oxygen atoms in total. The average Bonchev–Trinajstić information content (AvgIpc) is 3.42. The molecule has 1 unspecified atom stereocenters. The van der Waals surface area contributed by atoms with E-state index in [9.17, 15) is 0 Å². The van der Waals surface area contributed by atoms with Gasteiger partial charge in [0.1, 0.15) is 5.54 Å². The fourth-order valence-corrected chi connectivity index (χ4v) is 9.16. The molecule has 3 saturated heterocycles. The first kappa shape index (κ1) is 24.9. The van der Waals surface area contributed by atoms with E-state index in [1.807, 2.05) is 36.4 Å². The molecule has 0 radical (unpaired) electrons. The van der Waals surface area contributed by atoms with Crippen LogP contribution in [0.4, 0.5) is 0 Å². The minimum Gasteiger partial charge on any atom is -0.301 e. The van der Waals surface area contributed by atoms with Gasteiger partial charge in [0.05, 0.1) is 5.41 Å². The first-order valence-electron chi connectivity index (χ1n) is 14.9. The SMILES string of the molecule is CN1C/C(=C\c2ccccc2)C(=O)C2(C1)[C@@H](c1ccccc1)[C@@H]1CCCCN1[C@@]21C(=O)c2cccc3cccc1c23. The second kappa shape index (κ2) is 9.07. The fraction of sp³-hybridized carbons (Fsp3) is 0.297. The van der Waals surface area contributed by atoms with E-state index < -0.39 is 11.0 Å². The first-order valence-corrected chi connectivity index (χ1v) is 14.9. The zero-order valence-electron chi connectivity index (χ0n) is 23.4. The number of hydrogen-bond donors (Lipinski definition) is 0. The van der Waals surface area contributed by atoms with E-state index in [4.69, 9.17) is 0 Å². The number of Topliss-reactive ketones (excluding diaryl/α,β-unsaturated/α-hetero) is 2. The lowest BCUT2D eigenvalue weighted by molar-refractivity contribution is -0.134. The van der Waals surface area contributed by atoms with Gasteiger partial charge >= 0.3 is 0 Å². The van der Waals surface area contributed by atoms with Crippen LogP contribution in [-0.2, 0) is 10.3 Å². The third-order valence-electron chi connectivity index (χ3n) is 10.4. The summed E-state index contributed by atoms with van der Waals surface area (Å²) in [6.45, 7) is 1.93. The number of carbonyl (C=O) groups is 2. The molecule has 3 fully saturated rings. The number of hydrogen-bond acceptors (Lipinski definition) is 4. The minimum atomic E-state index is -1.05. The summed E-state index contributed by atoms with van der Waals surface area (Å²) in [6, 6.07) is 33.3. The number of nitrogens with zero attached hydrogens (tertiary/aromatic N) is 2. The number of likely N-dealkylation sites (tertiary alicyclic amines) is 1. The molecule has 2 spiro atoms. The van der Waals surface area contributed by atoms with Gasteiger partial charge in [-0.25, -0.2) is 0 Å². The first-order chi connectivity index (χ1) is 20.1. The van der Waals surface area contributed by atoms with Crippen molar-refractivity contribution in [2.45, 2.75) is 36.8 Å². The number of fused-ring (bicyclic) bond motifs is 4. The summed E-state index contributed by atoms with van der Waals surface area (Å²) in [6.07, 6.45) is 5.20. The van der Waals surface area contributed by atoms with E-state index in [0.29, 0.717) is 13.1 Å². The quantitative estimate of drug-likeness (QED) is 0.275. The highest BCUT2D eigenvalue weighted by molar-refractivity contribution is 6.24. The minimum absolute atomic E-state index is 0.105. The molecule has 3 heterocycles. The third-order valence-corrected chi connectivity index (χ3v) is 10.4. The van der Waals surface area contributed by atoms with Crippen LogP contribution in [-0.4, -0.2) is 54.1 Å². The van der Waals surface area contributed by atoms with Crippen molar-refractivity contribution in [1.29, 1.82) is 0 Å². The predicted octanol–water partition coefficient (Wildman–Crippen LogP) is 6.47. The van der Waals surface area contributed by atoms with Crippen molar-refractivity contribution in [3.63, 3.8) is 0 Å². The summed E-state index contributed by atoms with van der Waals surface area (Å²) in [5.41, 5.74) is 2.75. The zero-order valence-corrected chi connectivity index (χ0v) is 23.4. The largest absolute Gasteiger partial charge is 0.301 e. The lowest BCUT2D eigenvalue weighted by atomic mass is 9.54. The van der Waals surface area contributed by atoms with Crippen molar-refractivity contribution in [2.24, 2.45) is 5.41 Å². The molecule has 0 bridgehead atoms. The molecular weight excluding hydrogens is 504 g/mol. The lowest BCUT2D eigenvalue weighted by Gasteiger charge is -2.52. The number of rotatable bonds is 2. The fourth-order valence-electron chi connectivity index (χ4n) is 9.16. The van der Waals surface area contributed by atoms with Gasteiger partial charge in [-0.05, 0) is 60.0 Å². The van der Waals surface area contributed by atoms with Gasteiger partial charge in [-0.1, -0.05) is 103 Å². The van der Waals surface area contributed by atoms with E-state index >= 15 is 9.59 Å². The Kier molecular flexibility index (Phi) is 5.51. The molecule has 4 heteroatoms. The standard InChI is InChI=1S/C37H34N2O2/c1-38-23-28(22-25-12-4-2-5-13-25)34(40)36(24-38)33(27-14-6-3-7-15-27)31-20-8-9-21-39(31)37(36)30-19-11-17-26-16-10-18-29(32(26)30)35(37)41/h2-7,10-19,22,31,33H,8-9,20-21,23-24H2,1H3/b28-22+/t31-,33-,36?,37-/m0/s1. The van der Waals surface area contributed by atoms with Crippen LogP contribution < -0.4 is 0 Å². The van der Waals surface area contributed by atoms with Crippen molar-refractivity contribution in [2.75, 3.05) is 26.7 Å². The Morgan fingerprint density at radius 1 is 0.805 bits per heavy atom. The van der Waals surface area contributed by atoms with Crippen LogP contribution in [0.3, 0.4) is 0 Å². The number of ketones is 2. The molecule has 4 aliphatic rings.